The number of ether oxygens (including phenoxy) is 1. The van der Waals surface area contributed by atoms with Gasteiger partial charge in [-0.25, -0.2) is 0 Å². The summed E-state index contributed by atoms with van der Waals surface area (Å²) in [6.07, 6.45) is 0. The summed E-state index contributed by atoms with van der Waals surface area (Å²) in [6.45, 7) is 0. The zero-order chi connectivity index (χ0) is 40.3. The smallest absolute Gasteiger partial charge is 0.137 e. The van der Waals surface area contributed by atoms with Gasteiger partial charge in [0.25, 0.3) is 0 Å². The van der Waals surface area contributed by atoms with Gasteiger partial charge in [-0.15, -0.1) is 11.3 Å². The number of benzene rings is 10. The fourth-order valence-electron chi connectivity index (χ4n) is 9.21. The van der Waals surface area contributed by atoms with Gasteiger partial charge in [0.15, 0.2) is 0 Å². The predicted octanol–water partition coefficient (Wildman–Crippen LogP) is 17.1. The van der Waals surface area contributed by atoms with Crippen molar-refractivity contribution in [1.82, 2.24) is 0 Å². The lowest BCUT2D eigenvalue weighted by Gasteiger charge is -2.29. The van der Waals surface area contributed by atoms with Crippen molar-refractivity contribution < 1.29 is 4.74 Å². The molecule has 1 aliphatic rings. The molecule has 1 aromatic heterocycles. The molecular formula is C58H37NOS. The molecule has 0 amide bonds. The number of anilines is 3. The molecule has 61 heavy (non-hydrogen) atoms. The first-order chi connectivity index (χ1) is 30.2. The zero-order valence-electron chi connectivity index (χ0n) is 33.1. The van der Waals surface area contributed by atoms with E-state index in [0.29, 0.717) is 0 Å². The Hall–Kier alpha value is -7.72. The van der Waals surface area contributed by atoms with Crippen LogP contribution < -0.4 is 9.64 Å². The van der Waals surface area contributed by atoms with E-state index in [-0.39, 0.29) is 0 Å². The zero-order valence-corrected chi connectivity index (χ0v) is 33.9. The third-order valence-corrected chi connectivity index (χ3v) is 13.3. The molecule has 0 radical (unpaired) electrons. The van der Waals surface area contributed by atoms with Crippen LogP contribution in [-0.2, 0) is 0 Å². The summed E-state index contributed by atoms with van der Waals surface area (Å²) in [6, 6.07) is 81.0. The Morgan fingerprint density at radius 1 is 0.344 bits per heavy atom. The summed E-state index contributed by atoms with van der Waals surface area (Å²) in [5.74, 6) is 1.66. The topological polar surface area (TPSA) is 12.5 Å². The summed E-state index contributed by atoms with van der Waals surface area (Å²) in [7, 11) is 0. The van der Waals surface area contributed by atoms with Gasteiger partial charge in [0, 0.05) is 42.7 Å². The Morgan fingerprint density at radius 2 is 0.852 bits per heavy atom. The summed E-state index contributed by atoms with van der Waals surface area (Å²) >= 11 is 1.87. The van der Waals surface area contributed by atoms with Crippen LogP contribution in [0.2, 0.25) is 0 Å². The van der Waals surface area contributed by atoms with Crippen LogP contribution in [0.1, 0.15) is 0 Å². The molecule has 1 aliphatic heterocycles. The van der Waals surface area contributed by atoms with Crippen molar-refractivity contribution in [3.05, 3.63) is 224 Å². The lowest BCUT2D eigenvalue weighted by molar-refractivity contribution is 0.488. The van der Waals surface area contributed by atoms with E-state index in [1.807, 2.05) is 11.3 Å². The standard InChI is InChI=1S/C58H37NOS/c1-3-14-38(15-4-1)39-28-32-44(33-29-39)59(45-34-30-41(31-35-45)47-22-11-23-49-48-20-9-10-27-55(48)61-58(47)49)52-24-13-26-54-57(52)51-37-43-19-8-7-18-42(43)36-50(51)56-46(21-12-25-53(56)60-54)40-16-5-2-6-17-40/h1-37H. The van der Waals surface area contributed by atoms with Crippen molar-refractivity contribution >= 4 is 59.3 Å². The van der Waals surface area contributed by atoms with Gasteiger partial charge in [-0.05, 0) is 116 Å². The Bertz CT molecular complexity index is 3420. The van der Waals surface area contributed by atoms with E-state index in [4.69, 9.17) is 4.74 Å². The third kappa shape index (κ3) is 6.01. The molecular weight excluding hydrogens is 759 g/mol. The van der Waals surface area contributed by atoms with Gasteiger partial charge in [0.1, 0.15) is 11.5 Å². The first-order valence-electron chi connectivity index (χ1n) is 20.7. The highest BCUT2D eigenvalue weighted by molar-refractivity contribution is 7.26. The quantitative estimate of drug-likeness (QED) is 0.166. The molecule has 12 rings (SSSR count). The maximum Gasteiger partial charge on any atom is 0.137 e. The second-order valence-corrected chi connectivity index (χ2v) is 16.7. The molecule has 0 unspecified atom stereocenters. The van der Waals surface area contributed by atoms with Crippen molar-refractivity contribution in [2.45, 2.75) is 0 Å². The van der Waals surface area contributed by atoms with E-state index < -0.39 is 0 Å². The highest BCUT2D eigenvalue weighted by atomic mass is 32.1. The molecule has 11 aromatic rings. The van der Waals surface area contributed by atoms with E-state index in [9.17, 15) is 0 Å². The monoisotopic (exact) mass is 795 g/mol. The number of fused-ring (bicyclic) bond motifs is 9. The van der Waals surface area contributed by atoms with Gasteiger partial charge in [0.2, 0.25) is 0 Å². The second-order valence-electron chi connectivity index (χ2n) is 15.6. The average Bonchev–Trinajstić information content (AvgIpc) is 3.65. The Kier molecular flexibility index (Phi) is 8.39. The number of hydrogen-bond donors (Lipinski definition) is 0. The molecule has 0 spiro atoms. The third-order valence-electron chi connectivity index (χ3n) is 12.1. The van der Waals surface area contributed by atoms with Crippen LogP contribution in [0, 0.1) is 0 Å². The van der Waals surface area contributed by atoms with E-state index in [0.717, 1.165) is 61.9 Å². The molecule has 0 atom stereocenters. The van der Waals surface area contributed by atoms with Crippen LogP contribution in [0.5, 0.6) is 11.5 Å². The van der Waals surface area contributed by atoms with Crippen LogP contribution in [0.3, 0.4) is 0 Å². The van der Waals surface area contributed by atoms with Crippen molar-refractivity contribution in [3.63, 3.8) is 0 Å². The largest absolute Gasteiger partial charge is 0.456 e. The molecule has 286 valence electrons. The first-order valence-corrected chi connectivity index (χ1v) is 21.6. The molecule has 0 saturated carbocycles. The van der Waals surface area contributed by atoms with Crippen LogP contribution in [0.15, 0.2) is 224 Å². The molecule has 0 N–H and O–H groups in total. The van der Waals surface area contributed by atoms with Crippen LogP contribution in [0.25, 0.3) is 86.6 Å². The predicted molar refractivity (Wildman–Crippen MR) is 259 cm³/mol. The van der Waals surface area contributed by atoms with Crippen molar-refractivity contribution in [3.8, 4) is 67.1 Å². The van der Waals surface area contributed by atoms with Crippen LogP contribution >= 0.6 is 11.3 Å². The summed E-state index contributed by atoms with van der Waals surface area (Å²) in [5, 5.41) is 4.98. The van der Waals surface area contributed by atoms with Gasteiger partial charge in [-0.2, -0.15) is 0 Å². The molecule has 10 aromatic carbocycles. The second kappa shape index (κ2) is 14.5. The molecule has 0 bridgehead atoms. The van der Waals surface area contributed by atoms with Gasteiger partial charge in [-0.3, -0.25) is 0 Å². The van der Waals surface area contributed by atoms with E-state index >= 15 is 0 Å². The molecule has 0 fully saturated rings. The lowest BCUT2D eigenvalue weighted by atomic mass is 9.87. The SMILES string of the molecule is c1ccc(-c2ccc(N(c3ccc(-c4cccc5c4sc4ccccc45)cc3)c3cccc4c3-c3cc5ccccc5cc3-c3c(cccc3-c3ccccc3)O4)cc2)cc1. The molecule has 0 aliphatic carbocycles. The number of rotatable bonds is 6. The van der Waals surface area contributed by atoms with Gasteiger partial charge in [-0.1, -0.05) is 164 Å². The van der Waals surface area contributed by atoms with E-state index in [2.05, 4.69) is 229 Å². The van der Waals surface area contributed by atoms with Gasteiger partial charge < -0.3 is 9.64 Å². The van der Waals surface area contributed by atoms with Crippen LogP contribution in [-0.4, -0.2) is 0 Å². The minimum Gasteiger partial charge on any atom is -0.456 e. The van der Waals surface area contributed by atoms with Crippen LogP contribution in [0.4, 0.5) is 17.1 Å². The Labute approximate surface area is 358 Å². The summed E-state index contributed by atoms with van der Waals surface area (Å²) < 4.78 is 9.75. The molecule has 3 heteroatoms. The highest BCUT2D eigenvalue weighted by Gasteiger charge is 2.29. The Morgan fingerprint density at radius 3 is 1.57 bits per heavy atom. The lowest BCUT2D eigenvalue weighted by Crippen LogP contribution is -2.11. The summed E-state index contributed by atoms with van der Waals surface area (Å²) in [5.41, 5.74) is 14.7. The average molecular weight is 796 g/mol. The van der Waals surface area contributed by atoms with E-state index in [1.165, 1.54) is 53.2 Å². The number of hydrogen-bond acceptors (Lipinski definition) is 3. The van der Waals surface area contributed by atoms with E-state index in [1.54, 1.807) is 0 Å². The normalized spacial score (nSPS) is 11.7. The van der Waals surface area contributed by atoms with Crippen molar-refractivity contribution in [1.29, 1.82) is 0 Å². The maximum absolute atomic E-state index is 7.13. The fraction of sp³-hybridized carbons (Fsp3) is 0. The first kappa shape index (κ1) is 35.2. The van der Waals surface area contributed by atoms with Crippen molar-refractivity contribution in [2.24, 2.45) is 0 Å². The summed E-state index contributed by atoms with van der Waals surface area (Å²) in [4.78, 5) is 2.40. The Balaban J connectivity index is 1.08. The molecule has 2 heterocycles. The number of thiophene rings is 1. The molecule has 2 nitrogen and oxygen atoms in total. The van der Waals surface area contributed by atoms with Gasteiger partial charge in [0.05, 0.1) is 5.69 Å². The van der Waals surface area contributed by atoms with Gasteiger partial charge >= 0.3 is 0 Å². The van der Waals surface area contributed by atoms with Crippen molar-refractivity contribution in [2.75, 3.05) is 4.90 Å². The minimum atomic E-state index is 0.817. The maximum atomic E-state index is 7.13. The molecule has 0 saturated heterocycles. The highest BCUT2D eigenvalue weighted by Crippen LogP contribution is 2.55. The fourth-order valence-corrected chi connectivity index (χ4v) is 10.4. The number of nitrogens with zero attached hydrogens (tertiary/aromatic N) is 1. The minimum absolute atomic E-state index is 0.817.